The van der Waals surface area contributed by atoms with E-state index in [2.05, 4.69) is 17.9 Å². The van der Waals surface area contributed by atoms with E-state index in [-0.39, 0.29) is 5.41 Å². The van der Waals surface area contributed by atoms with Gasteiger partial charge in [0.15, 0.2) is 0 Å². The minimum atomic E-state index is -0.171. The van der Waals surface area contributed by atoms with Crippen LogP contribution >= 0.6 is 0 Å². The van der Waals surface area contributed by atoms with Gasteiger partial charge in [-0.15, -0.1) is 0 Å². The second-order valence-electron chi connectivity index (χ2n) is 5.77. The molecule has 1 heterocycles. The number of hydrogen-bond donors (Lipinski definition) is 1. The van der Waals surface area contributed by atoms with Crippen molar-refractivity contribution in [1.82, 2.24) is 4.90 Å². The molecular formula is C13H25N3. The normalized spacial score (nSPS) is 27.7. The third kappa shape index (κ3) is 4.11. The number of rotatable bonds is 4. The molecule has 0 aromatic heterocycles. The van der Waals surface area contributed by atoms with Crippen LogP contribution in [0.25, 0.3) is 0 Å². The van der Waals surface area contributed by atoms with Crippen LogP contribution in [0.3, 0.4) is 0 Å². The van der Waals surface area contributed by atoms with E-state index < -0.39 is 0 Å². The van der Waals surface area contributed by atoms with Crippen LogP contribution in [0, 0.1) is 16.7 Å². The fraction of sp³-hybridized carbons (Fsp3) is 0.923. The zero-order valence-corrected chi connectivity index (χ0v) is 10.9. The molecule has 2 N–H and O–H groups in total. The molecule has 0 aromatic carbocycles. The summed E-state index contributed by atoms with van der Waals surface area (Å²) in [6.45, 7) is 8.52. The van der Waals surface area contributed by atoms with Gasteiger partial charge in [0.25, 0.3) is 0 Å². The lowest BCUT2D eigenvalue weighted by molar-refractivity contribution is 0.141. The van der Waals surface area contributed by atoms with E-state index in [1.165, 1.54) is 0 Å². The lowest BCUT2D eigenvalue weighted by Gasteiger charge is -2.36. The first-order valence-corrected chi connectivity index (χ1v) is 6.35. The second kappa shape index (κ2) is 5.65. The molecular weight excluding hydrogens is 198 g/mol. The smallest absolute Gasteiger partial charge is 0.0683 e. The summed E-state index contributed by atoms with van der Waals surface area (Å²) in [5, 5.41) is 8.94. The van der Waals surface area contributed by atoms with Crippen molar-refractivity contribution in [1.29, 1.82) is 5.26 Å². The number of likely N-dealkylation sites (tertiary alicyclic amines) is 1. The summed E-state index contributed by atoms with van der Waals surface area (Å²) < 4.78 is 0. The highest BCUT2D eigenvalue weighted by Crippen LogP contribution is 2.22. The maximum Gasteiger partial charge on any atom is 0.0683 e. The van der Waals surface area contributed by atoms with Crippen molar-refractivity contribution >= 4 is 0 Å². The van der Waals surface area contributed by atoms with Crippen LogP contribution in [-0.4, -0.2) is 30.1 Å². The molecule has 2 atom stereocenters. The topological polar surface area (TPSA) is 53.0 Å². The SMILES string of the molecule is CC1CC(N)CCN1CCCC(C)(C)C#N. The molecule has 1 aliphatic rings. The lowest BCUT2D eigenvalue weighted by atomic mass is 9.89. The van der Waals surface area contributed by atoms with Crippen LogP contribution in [-0.2, 0) is 0 Å². The fourth-order valence-corrected chi connectivity index (χ4v) is 2.37. The summed E-state index contributed by atoms with van der Waals surface area (Å²) in [6.07, 6.45) is 4.33. The molecule has 0 aliphatic carbocycles. The van der Waals surface area contributed by atoms with Crippen molar-refractivity contribution in [3.05, 3.63) is 0 Å². The molecule has 1 saturated heterocycles. The van der Waals surface area contributed by atoms with E-state index in [1.54, 1.807) is 0 Å². The minimum Gasteiger partial charge on any atom is -0.328 e. The molecule has 0 radical (unpaired) electrons. The molecule has 2 unspecified atom stereocenters. The number of nitrogens with zero attached hydrogens (tertiary/aromatic N) is 2. The predicted octanol–water partition coefficient (Wildman–Crippen LogP) is 2.13. The van der Waals surface area contributed by atoms with Crippen LogP contribution in [0.2, 0.25) is 0 Å². The number of nitriles is 1. The van der Waals surface area contributed by atoms with Crippen LogP contribution in [0.1, 0.15) is 46.5 Å². The average molecular weight is 223 g/mol. The van der Waals surface area contributed by atoms with Gasteiger partial charge in [-0.25, -0.2) is 0 Å². The van der Waals surface area contributed by atoms with Crippen molar-refractivity contribution < 1.29 is 0 Å². The Morgan fingerprint density at radius 3 is 2.75 bits per heavy atom. The van der Waals surface area contributed by atoms with Crippen molar-refractivity contribution in [2.24, 2.45) is 11.1 Å². The molecule has 0 spiro atoms. The van der Waals surface area contributed by atoms with Gasteiger partial charge in [0.05, 0.1) is 11.5 Å². The molecule has 1 rings (SSSR count). The van der Waals surface area contributed by atoms with E-state index in [0.717, 1.165) is 38.8 Å². The summed E-state index contributed by atoms with van der Waals surface area (Å²) in [4.78, 5) is 2.51. The highest BCUT2D eigenvalue weighted by molar-refractivity contribution is 4.91. The van der Waals surface area contributed by atoms with Crippen LogP contribution < -0.4 is 5.73 Å². The molecule has 1 fully saturated rings. The van der Waals surface area contributed by atoms with Gasteiger partial charge >= 0.3 is 0 Å². The van der Waals surface area contributed by atoms with E-state index in [9.17, 15) is 0 Å². The van der Waals surface area contributed by atoms with Gasteiger partial charge in [-0.3, -0.25) is 0 Å². The minimum absolute atomic E-state index is 0.171. The lowest BCUT2D eigenvalue weighted by Crippen LogP contribution is -2.45. The van der Waals surface area contributed by atoms with Crippen LogP contribution in [0.4, 0.5) is 0 Å². The Balaban J connectivity index is 2.26. The van der Waals surface area contributed by atoms with Gasteiger partial charge in [-0.1, -0.05) is 0 Å². The number of piperidine rings is 1. The summed E-state index contributed by atoms with van der Waals surface area (Å²) in [7, 11) is 0. The van der Waals surface area contributed by atoms with Gasteiger partial charge in [-0.05, 0) is 59.5 Å². The summed E-state index contributed by atoms with van der Waals surface area (Å²) >= 11 is 0. The molecule has 3 nitrogen and oxygen atoms in total. The van der Waals surface area contributed by atoms with Crippen molar-refractivity contribution in [3.8, 4) is 6.07 Å². The molecule has 0 bridgehead atoms. The van der Waals surface area contributed by atoms with E-state index in [1.807, 2.05) is 13.8 Å². The van der Waals surface area contributed by atoms with Gasteiger partial charge in [0.1, 0.15) is 0 Å². The van der Waals surface area contributed by atoms with Crippen molar-refractivity contribution in [2.75, 3.05) is 13.1 Å². The van der Waals surface area contributed by atoms with E-state index in [4.69, 9.17) is 11.0 Å². The molecule has 0 aromatic rings. The monoisotopic (exact) mass is 223 g/mol. The Morgan fingerprint density at radius 2 is 2.19 bits per heavy atom. The third-order valence-corrected chi connectivity index (χ3v) is 3.60. The Hall–Kier alpha value is -0.590. The summed E-state index contributed by atoms with van der Waals surface area (Å²) in [5.74, 6) is 0. The number of nitrogens with two attached hydrogens (primary N) is 1. The average Bonchev–Trinajstić information content (AvgIpc) is 2.21. The highest BCUT2D eigenvalue weighted by Gasteiger charge is 2.23. The quantitative estimate of drug-likeness (QED) is 0.794. The Bertz CT molecular complexity index is 254. The van der Waals surface area contributed by atoms with Crippen molar-refractivity contribution in [3.63, 3.8) is 0 Å². The van der Waals surface area contributed by atoms with Gasteiger partial charge in [0.2, 0.25) is 0 Å². The highest BCUT2D eigenvalue weighted by atomic mass is 15.2. The van der Waals surface area contributed by atoms with E-state index >= 15 is 0 Å². The first kappa shape index (κ1) is 13.5. The first-order chi connectivity index (χ1) is 7.44. The number of hydrogen-bond acceptors (Lipinski definition) is 3. The molecule has 16 heavy (non-hydrogen) atoms. The van der Waals surface area contributed by atoms with Crippen molar-refractivity contribution in [2.45, 2.75) is 58.5 Å². The van der Waals surface area contributed by atoms with Gasteiger partial charge < -0.3 is 10.6 Å². The van der Waals surface area contributed by atoms with E-state index in [0.29, 0.717) is 12.1 Å². The summed E-state index contributed by atoms with van der Waals surface area (Å²) in [6, 6.07) is 3.35. The molecule has 0 amide bonds. The Morgan fingerprint density at radius 1 is 1.50 bits per heavy atom. The molecule has 0 saturated carbocycles. The third-order valence-electron chi connectivity index (χ3n) is 3.60. The molecule has 3 heteroatoms. The molecule has 1 aliphatic heterocycles. The fourth-order valence-electron chi connectivity index (χ4n) is 2.37. The standard InChI is InChI=1S/C13H25N3/c1-11-9-12(15)5-8-16(11)7-4-6-13(2,3)10-14/h11-12H,4-9,15H2,1-3H3. The first-order valence-electron chi connectivity index (χ1n) is 6.35. The summed E-state index contributed by atoms with van der Waals surface area (Å²) in [5.41, 5.74) is 5.77. The zero-order chi connectivity index (χ0) is 12.2. The van der Waals surface area contributed by atoms with Gasteiger partial charge in [0, 0.05) is 12.1 Å². The largest absolute Gasteiger partial charge is 0.328 e. The van der Waals surface area contributed by atoms with Crippen LogP contribution in [0.5, 0.6) is 0 Å². The maximum atomic E-state index is 8.94. The van der Waals surface area contributed by atoms with Crippen LogP contribution in [0.15, 0.2) is 0 Å². The Labute approximate surface area is 99.6 Å². The second-order valence-corrected chi connectivity index (χ2v) is 5.77. The maximum absolute atomic E-state index is 8.94. The predicted molar refractivity (Wildman–Crippen MR) is 66.9 cm³/mol. The zero-order valence-electron chi connectivity index (χ0n) is 10.9. The Kier molecular flexibility index (Phi) is 4.76. The van der Waals surface area contributed by atoms with Gasteiger partial charge in [-0.2, -0.15) is 5.26 Å². The molecule has 92 valence electrons.